The molecule has 74 valence electrons. The van der Waals surface area contributed by atoms with E-state index in [1.807, 2.05) is 12.1 Å². The minimum Gasteiger partial charge on any atom is -0.389 e. The fraction of sp³-hybridized carbons (Fsp3) is 0.333. The Morgan fingerprint density at radius 1 is 1.36 bits per heavy atom. The molecule has 1 saturated carbocycles. The third-order valence-corrected chi connectivity index (χ3v) is 3.38. The number of rotatable bonds is 1. The first kappa shape index (κ1) is 9.94. The van der Waals surface area contributed by atoms with Gasteiger partial charge in [-0.05, 0) is 48.6 Å². The van der Waals surface area contributed by atoms with Crippen LogP contribution in [0, 0.1) is 0 Å². The average Bonchev–Trinajstić information content (AvgIpc) is 2.16. The molecule has 0 bridgehead atoms. The summed E-state index contributed by atoms with van der Waals surface area (Å²) in [6.45, 7) is 2.08. The van der Waals surface area contributed by atoms with Gasteiger partial charge >= 0.3 is 0 Å². The van der Waals surface area contributed by atoms with Gasteiger partial charge in [-0.3, -0.25) is 0 Å². The summed E-state index contributed by atoms with van der Waals surface area (Å²) in [5.74, 6) is 0. The molecule has 2 rings (SSSR count). The van der Waals surface area contributed by atoms with Crippen molar-refractivity contribution in [3.8, 4) is 0 Å². The van der Waals surface area contributed by atoms with Crippen LogP contribution in [0.4, 0.5) is 0 Å². The topological polar surface area (TPSA) is 20.2 Å². The van der Waals surface area contributed by atoms with Crippen molar-refractivity contribution in [3.05, 3.63) is 39.9 Å². The Morgan fingerprint density at radius 2 is 2.00 bits per heavy atom. The van der Waals surface area contributed by atoms with Crippen LogP contribution in [0.5, 0.6) is 0 Å². The van der Waals surface area contributed by atoms with Gasteiger partial charge in [0.25, 0.3) is 0 Å². The predicted molar refractivity (Wildman–Crippen MR) is 62.0 cm³/mol. The highest BCUT2D eigenvalue weighted by molar-refractivity contribution is 9.10. The first-order valence-corrected chi connectivity index (χ1v) is 5.61. The second kappa shape index (κ2) is 3.87. The standard InChI is InChI=1S/C12H13BrO/c1-8(11-6-7-12(11)14)9-2-4-10(13)5-3-9/h2-5,12,14H,6-7H2,1H3/b11-8+. The molecule has 1 aliphatic rings. The molecule has 1 N–H and O–H groups in total. The second-order valence-corrected chi connectivity index (χ2v) is 4.63. The zero-order chi connectivity index (χ0) is 10.1. The largest absolute Gasteiger partial charge is 0.389 e. The van der Waals surface area contributed by atoms with Gasteiger partial charge in [-0.25, -0.2) is 0 Å². The molecular formula is C12H13BrO. The van der Waals surface area contributed by atoms with E-state index in [1.165, 1.54) is 16.7 Å². The van der Waals surface area contributed by atoms with Crippen molar-refractivity contribution in [2.45, 2.75) is 25.9 Å². The lowest BCUT2D eigenvalue weighted by Crippen LogP contribution is -2.22. The van der Waals surface area contributed by atoms with Crippen LogP contribution in [0.3, 0.4) is 0 Å². The summed E-state index contributed by atoms with van der Waals surface area (Å²) in [6.07, 6.45) is 1.77. The van der Waals surface area contributed by atoms with Crippen LogP contribution in [0.15, 0.2) is 34.3 Å². The summed E-state index contributed by atoms with van der Waals surface area (Å²) in [5.41, 5.74) is 3.64. The van der Waals surface area contributed by atoms with Gasteiger partial charge < -0.3 is 5.11 Å². The number of benzene rings is 1. The maximum atomic E-state index is 9.53. The Bertz CT molecular complexity index is 364. The van der Waals surface area contributed by atoms with Gasteiger partial charge in [0.1, 0.15) is 0 Å². The molecule has 14 heavy (non-hydrogen) atoms. The third kappa shape index (κ3) is 1.77. The van der Waals surface area contributed by atoms with Gasteiger partial charge in [0.2, 0.25) is 0 Å². The van der Waals surface area contributed by atoms with Crippen molar-refractivity contribution in [1.82, 2.24) is 0 Å². The lowest BCUT2D eigenvalue weighted by atomic mass is 9.83. The van der Waals surface area contributed by atoms with E-state index in [0.29, 0.717) is 0 Å². The fourth-order valence-corrected chi connectivity index (χ4v) is 2.00. The molecule has 0 heterocycles. The van der Waals surface area contributed by atoms with Gasteiger partial charge in [0.15, 0.2) is 0 Å². The summed E-state index contributed by atoms with van der Waals surface area (Å²) in [6, 6.07) is 8.23. The van der Waals surface area contributed by atoms with Gasteiger partial charge in [-0.1, -0.05) is 28.1 Å². The van der Waals surface area contributed by atoms with E-state index < -0.39 is 0 Å². The molecule has 0 amide bonds. The van der Waals surface area contributed by atoms with Gasteiger partial charge in [0.05, 0.1) is 6.10 Å². The first-order chi connectivity index (χ1) is 6.68. The smallest absolute Gasteiger partial charge is 0.0759 e. The van der Waals surface area contributed by atoms with Crippen molar-refractivity contribution < 1.29 is 5.11 Å². The highest BCUT2D eigenvalue weighted by Crippen LogP contribution is 2.33. The van der Waals surface area contributed by atoms with E-state index in [2.05, 4.69) is 35.0 Å². The molecule has 1 aliphatic carbocycles. The quantitative estimate of drug-likeness (QED) is 0.813. The normalized spacial score (nSPS) is 24.4. The minimum absolute atomic E-state index is 0.196. The highest BCUT2D eigenvalue weighted by Gasteiger charge is 2.23. The van der Waals surface area contributed by atoms with Crippen molar-refractivity contribution in [2.24, 2.45) is 0 Å². The molecule has 1 aromatic carbocycles. The van der Waals surface area contributed by atoms with Crippen LogP contribution in [-0.2, 0) is 0 Å². The third-order valence-electron chi connectivity index (χ3n) is 2.85. The van der Waals surface area contributed by atoms with Crippen LogP contribution in [0.25, 0.3) is 5.57 Å². The molecule has 2 heteroatoms. The van der Waals surface area contributed by atoms with Crippen LogP contribution in [-0.4, -0.2) is 11.2 Å². The molecule has 1 fully saturated rings. The molecule has 0 spiro atoms. The van der Waals surface area contributed by atoms with Crippen molar-refractivity contribution in [3.63, 3.8) is 0 Å². The molecule has 0 saturated heterocycles. The van der Waals surface area contributed by atoms with Gasteiger partial charge in [-0.2, -0.15) is 0 Å². The molecule has 0 aromatic heterocycles. The molecule has 1 atom stereocenters. The zero-order valence-corrected chi connectivity index (χ0v) is 9.71. The summed E-state index contributed by atoms with van der Waals surface area (Å²) in [4.78, 5) is 0. The predicted octanol–water partition coefficient (Wildman–Crippen LogP) is 3.38. The van der Waals surface area contributed by atoms with Crippen molar-refractivity contribution in [2.75, 3.05) is 0 Å². The van der Waals surface area contributed by atoms with Crippen molar-refractivity contribution in [1.29, 1.82) is 0 Å². The highest BCUT2D eigenvalue weighted by atomic mass is 79.9. The number of hydrogen-bond acceptors (Lipinski definition) is 1. The summed E-state index contributed by atoms with van der Waals surface area (Å²) in [7, 11) is 0. The zero-order valence-electron chi connectivity index (χ0n) is 8.13. The SMILES string of the molecule is C/C(=C1/CCC1O)c1ccc(Br)cc1. The van der Waals surface area contributed by atoms with E-state index >= 15 is 0 Å². The molecular weight excluding hydrogens is 240 g/mol. The van der Waals surface area contributed by atoms with E-state index in [9.17, 15) is 5.11 Å². The number of hydrogen-bond donors (Lipinski definition) is 1. The fourth-order valence-electron chi connectivity index (χ4n) is 1.74. The number of aliphatic hydroxyl groups excluding tert-OH is 1. The van der Waals surface area contributed by atoms with E-state index in [-0.39, 0.29) is 6.10 Å². The van der Waals surface area contributed by atoms with Gasteiger partial charge in [0, 0.05) is 4.47 Å². The Balaban J connectivity index is 2.31. The molecule has 0 aliphatic heterocycles. The summed E-state index contributed by atoms with van der Waals surface area (Å²) in [5, 5.41) is 9.53. The summed E-state index contributed by atoms with van der Waals surface area (Å²) >= 11 is 3.41. The first-order valence-electron chi connectivity index (χ1n) is 4.82. The summed E-state index contributed by atoms with van der Waals surface area (Å²) < 4.78 is 1.09. The van der Waals surface area contributed by atoms with Gasteiger partial charge in [-0.15, -0.1) is 0 Å². The van der Waals surface area contributed by atoms with Crippen LogP contribution < -0.4 is 0 Å². The maximum absolute atomic E-state index is 9.53. The number of aliphatic hydroxyl groups is 1. The lowest BCUT2D eigenvalue weighted by Gasteiger charge is -2.27. The number of halogens is 1. The van der Waals surface area contributed by atoms with Crippen LogP contribution >= 0.6 is 15.9 Å². The molecule has 1 unspecified atom stereocenters. The Labute approximate surface area is 92.6 Å². The van der Waals surface area contributed by atoms with Crippen LogP contribution in [0.1, 0.15) is 25.3 Å². The second-order valence-electron chi connectivity index (χ2n) is 3.71. The number of allylic oxidation sites excluding steroid dienone is 1. The van der Waals surface area contributed by atoms with Crippen molar-refractivity contribution >= 4 is 21.5 Å². The average molecular weight is 253 g/mol. The minimum atomic E-state index is -0.196. The Kier molecular flexibility index (Phi) is 2.75. The molecule has 1 nitrogen and oxygen atoms in total. The molecule has 0 radical (unpaired) electrons. The monoisotopic (exact) mass is 252 g/mol. The van der Waals surface area contributed by atoms with E-state index in [0.717, 1.165) is 17.3 Å². The Morgan fingerprint density at radius 3 is 2.43 bits per heavy atom. The van der Waals surface area contributed by atoms with Crippen LogP contribution in [0.2, 0.25) is 0 Å². The maximum Gasteiger partial charge on any atom is 0.0759 e. The van der Waals surface area contributed by atoms with E-state index in [1.54, 1.807) is 0 Å². The lowest BCUT2D eigenvalue weighted by molar-refractivity contribution is 0.157. The Hall–Kier alpha value is -0.600. The molecule has 1 aromatic rings. The van der Waals surface area contributed by atoms with E-state index in [4.69, 9.17) is 0 Å².